The van der Waals surface area contributed by atoms with Gasteiger partial charge in [-0.2, -0.15) is 0 Å². The average molecular weight is 401 g/mol. The maximum absolute atomic E-state index is 4.28. The van der Waals surface area contributed by atoms with E-state index in [9.17, 15) is 0 Å². The third kappa shape index (κ3) is 7.03. The SMILES string of the molecule is C=C(CCI)N(C/C=C(/C)C1CC=C(C)CC1)CC(C)C. The normalized spacial score (nSPS) is 19.6. The van der Waals surface area contributed by atoms with Crippen molar-refractivity contribution in [2.45, 2.75) is 53.4 Å². The number of allylic oxidation sites excluding steroid dienone is 4. The van der Waals surface area contributed by atoms with Gasteiger partial charge in [-0.3, -0.25) is 0 Å². The Labute approximate surface area is 145 Å². The van der Waals surface area contributed by atoms with Gasteiger partial charge in [-0.05, 0) is 51.4 Å². The molecule has 1 atom stereocenters. The summed E-state index contributed by atoms with van der Waals surface area (Å²) in [6.07, 6.45) is 9.79. The molecule has 0 N–H and O–H groups in total. The summed E-state index contributed by atoms with van der Waals surface area (Å²) in [5.74, 6) is 1.44. The minimum Gasteiger partial charge on any atom is -0.371 e. The van der Waals surface area contributed by atoms with E-state index < -0.39 is 0 Å². The molecule has 1 aliphatic rings. The van der Waals surface area contributed by atoms with Gasteiger partial charge in [0.2, 0.25) is 0 Å². The number of halogens is 1. The summed E-state index contributed by atoms with van der Waals surface area (Å²) in [4.78, 5) is 2.47. The Balaban J connectivity index is 2.61. The zero-order valence-electron chi connectivity index (χ0n) is 14.3. The van der Waals surface area contributed by atoms with Gasteiger partial charge < -0.3 is 4.90 Å². The molecule has 0 heterocycles. The molecule has 0 saturated heterocycles. The number of hydrogen-bond acceptors (Lipinski definition) is 1. The fraction of sp³-hybridized carbons (Fsp3) is 0.684. The van der Waals surface area contributed by atoms with Gasteiger partial charge in [0.25, 0.3) is 0 Å². The topological polar surface area (TPSA) is 3.24 Å². The van der Waals surface area contributed by atoms with Gasteiger partial charge in [-0.25, -0.2) is 0 Å². The molecule has 0 radical (unpaired) electrons. The van der Waals surface area contributed by atoms with Crippen LogP contribution in [-0.2, 0) is 0 Å². The molecule has 21 heavy (non-hydrogen) atoms. The molecule has 0 saturated carbocycles. The zero-order valence-corrected chi connectivity index (χ0v) is 16.4. The van der Waals surface area contributed by atoms with Crippen LogP contribution in [0.25, 0.3) is 0 Å². The second-order valence-electron chi connectivity index (χ2n) is 6.77. The van der Waals surface area contributed by atoms with Crippen LogP contribution < -0.4 is 0 Å². The molecule has 0 spiro atoms. The molecule has 2 heteroatoms. The van der Waals surface area contributed by atoms with Crippen molar-refractivity contribution in [2.24, 2.45) is 11.8 Å². The van der Waals surface area contributed by atoms with Gasteiger partial charge in [0, 0.05) is 23.2 Å². The third-order valence-corrected chi connectivity index (χ3v) is 4.87. The van der Waals surface area contributed by atoms with E-state index in [-0.39, 0.29) is 0 Å². The van der Waals surface area contributed by atoms with Crippen molar-refractivity contribution in [3.8, 4) is 0 Å². The summed E-state index contributed by atoms with van der Waals surface area (Å²) < 4.78 is 1.15. The Morgan fingerprint density at radius 1 is 1.52 bits per heavy atom. The van der Waals surface area contributed by atoms with Gasteiger partial charge in [0.05, 0.1) is 0 Å². The van der Waals surface area contributed by atoms with Crippen molar-refractivity contribution in [3.63, 3.8) is 0 Å². The molecule has 120 valence electrons. The molecule has 0 aliphatic heterocycles. The van der Waals surface area contributed by atoms with Crippen LogP contribution in [-0.4, -0.2) is 22.4 Å². The van der Waals surface area contributed by atoms with Crippen molar-refractivity contribution < 1.29 is 0 Å². The Hall–Kier alpha value is -0.250. The van der Waals surface area contributed by atoms with Crippen LogP contribution in [0.4, 0.5) is 0 Å². The van der Waals surface area contributed by atoms with E-state index in [1.807, 2.05) is 0 Å². The highest BCUT2D eigenvalue weighted by Gasteiger charge is 2.15. The molecule has 0 fully saturated rings. The molecule has 0 aromatic carbocycles. The monoisotopic (exact) mass is 401 g/mol. The minimum absolute atomic E-state index is 0.685. The Morgan fingerprint density at radius 3 is 2.76 bits per heavy atom. The molecular weight excluding hydrogens is 369 g/mol. The molecule has 1 unspecified atom stereocenters. The summed E-state index contributed by atoms with van der Waals surface area (Å²) in [6, 6.07) is 0. The van der Waals surface area contributed by atoms with Gasteiger partial charge in [-0.1, -0.05) is 66.3 Å². The van der Waals surface area contributed by atoms with Crippen LogP contribution in [0, 0.1) is 11.8 Å². The Kier molecular flexibility index (Phi) is 8.69. The smallest absolute Gasteiger partial charge is 0.0359 e. The molecule has 1 aliphatic carbocycles. The standard InChI is InChI=1S/C19H32IN/c1-15(2)14-21(18(5)10-12-20)13-11-17(4)19-8-6-16(3)7-9-19/h6,11,15,19H,5,7-10,12-14H2,1-4H3/b17-11-. The van der Waals surface area contributed by atoms with Gasteiger partial charge in [0.1, 0.15) is 0 Å². The summed E-state index contributed by atoms with van der Waals surface area (Å²) in [5.41, 5.74) is 4.42. The molecule has 0 bridgehead atoms. The fourth-order valence-electron chi connectivity index (χ4n) is 2.84. The van der Waals surface area contributed by atoms with Crippen LogP contribution >= 0.6 is 22.6 Å². The number of nitrogens with zero attached hydrogens (tertiary/aromatic N) is 1. The van der Waals surface area contributed by atoms with E-state index in [1.165, 1.54) is 25.0 Å². The van der Waals surface area contributed by atoms with E-state index in [0.717, 1.165) is 29.9 Å². The molecule has 0 aromatic heterocycles. The lowest BCUT2D eigenvalue weighted by Gasteiger charge is -2.28. The second kappa shape index (κ2) is 9.70. The van der Waals surface area contributed by atoms with Crippen LogP contribution in [0.5, 0.6) is 0 Å². The van der Waals surface area contributed by atoms with E-state index in [2.05, 4.69) is 73.9 Å². The average Bonchev–Trinajstić information content (AvgIpc) is 2.43. The van der Waals surface area contributed by atoms with Crippen LogP contribution in [0.1, 0.15) is 53.4 Å². The minimum atomic E-state index is 0.685. The van der Waals surface area contributed by atoms with Gasteiger partial charge in [-0.15, -0.1) is 0 Å². The number of rotatable bonds is 8. The van der Waals surface area contributed by atoms with Crippen LogP contribution in [0.3, 0.4) is 0 Å². The molecule has 0 aromatic rings. The maximum atomic E-state index is 4.28. The van der Waals surface area contributed by atoms with Crippen molar-refractivity contribution in [3.05, 3.63) is 35.6 Å². The first-order valence-corrected chi connectivity index (χ1v) is 9.77. The van der Waals surface area contributed by atoms with Gasteiger partial charge >= 0.3 is 0 Å². The molecule has 1 nitrogen and oxygen atoms in total. The quantitative estimate of drug-likeness (QED) is 0.275. The van der Waals surface area contributed by atoms with Crippen LogP contribution in [0.15, 0.2) is 35.6 Å². The first-order valence-electron chi connectivity index (χ1n) is 8.25. The lowest BCUT2D eigenvalue weighted by molar-refractivity contribution is 0.325. The highest BCUT2D eigenvalue weighted by molar-refractivity contribution is 14.1. The molecule has 0 amide bonds. The predicted molar refractivity (Wildman–Crippen MR) is 104 cm³/mol. The molecule has 1 rings (SSSR count). The zero-order chi connectivity index (χ0) is 15.8. The van der Waals surface area contributed by atoms with Crippen molar-refractivity contribution in [1.82, 2.24) is 4.90 Å². The Morgan fingerprint density at radius 2 is 2.24 bits per heavy atom. The fourth-order valence-corrected chi connectivity index (χ4v) is 3.46. The highest BCUT2D eigenvalue weighted by Crippen LogP contribution is 2.28. The highest BCUT2D eigenvalue weighted by atomic mass is 127. The van der Waals surface area contributed by atoms with Crippen molar-refractivity contribution in [1.29, 1.82) is 0 Å². The Bertz CT molecular complexity index is 392. The summed E-state index contributed by atoms with van der Waals surface area (Å²) in [5, 5.41) is 0. The summed E-state index contributed by atoms with van der Waals surface area (Å²) >= 11 is 2.44. The lowest BCUT2D eigenvalue weighted by Crippen LogP contribution is -2.27. The molecular formula is C19H32IN. The second-order valence-corrected chi connectivity index (χ2v) is 7.85. The van der Waals surface area contributed by atoms with Gasteiger partial charge in [0.15, 0.2) is 0 Å². The van der Waals surface area contributed by atoms with Crippen LogP contribution in [0.2, 0.25) is 0 Å². The van der Waals surface area contributed by atoms with E-state index >= 15 is 0 Å². The van der Waals surface area contributed by atoms with E-state index in [0.29, 0.717) is 5.92 Å². The summed E-state index contributed by atoms with van der Waals surface area (Å²) in [6.45, 7) is 15.6. The maximum Gasteiger partial charge on any atom is 0.0359 e. The summed E-state index contributed by atoms with van der Waals surface area (Å²) in [7, 11) is 0. The lowest BCUT2D eigenvalue weighted by atomic mass is 9.85. The van der Waals surface area contributed by atoms with Crippen molar-refractivity contribution >= 4 is 22.6 Å². The van der Waals surface area contributed by atoms with E-state index in [4.69, 9.17) is 0 Å². The first-order chi connectivity index (χ1) is 9.93. The first kappa shape index (κ1) is 18.8. The third-order valence-electron chi connectivity index (χ3n) is 4.33. The van der Waals surface area contributed by atoms with Crippen molar-refractivity contribution in [2.75, 3.05) is 17.5 Å². The predicted octanol–water partition coefficient (Wildman–Crippen LogP) is 5.98. The largest absolute Gasteiger partial charge is 0.371 e. The number of hydrogen-bond donors (Lipinski definition) is 0. The number of alkyl halides is 1. The van der Waals surface area contributed by atoms with E-state index in [1.54, 1.807) is 11.1 Å².